The van der Waals surface area contributed by atoms with Gasteiger partial charge in [-0.2, -0.15) is 0 Å². The Morgan fingerprint density at radius 1 is 0.298 bits per heavy atom. The Kier molecular flexibility index (Phi) is 40.0. The number of fused-ring (bicyclic) bond motifs is 2. The van der Waals surface area contributed by atoms with Gasteiger partial charge in [-0.1, -0.05) is 329 Å². The first-order chi connectivity index (χ1) is 51.2. The molecular formula is C108H195F5O. The minimum Gasteiger partial charge on any atom is -0.381 e. The Morgan fingerprint density at radius 3 is 0.904 bits per heavy atom. The molecule has 6 heteroatoms. The third kappa shape index (κ3) is 38.2. The minimum atomic E-state index is -2.38. The van der Waals surface area contributed by atoms with Crippen LogP contribution in [0.4, 0.5) is 22.0 Å². The summed E-state index contributed by atoms with van der Waals surface area (Å²) in [6, 6.07) is 19.9. The number of halogens is 5. The standard InChI is InChI=1S/2C13H18.C10H18F2.C10H18.C10H20.C9H16F2.C9H17F.C9H18O.C9H18.C8H16.C7H14.CH4/c1-13(2,3)12-9-8-10-6-4-5-7-11(10)12;1-12(2,3)13(9-10-13)11-7-5-4-6-8-11;1-9(2,3)8-4-6-10(11,12)7-5-8;1-10(2,3)9-5-7-4-8(7)6-9;1-10(2,3)9-7-5-4-6-8-9;1-8(2,3)7-4-5-9(10,11)6-7;1-8(2,3)7-5-9(4,10)6-7;1-9(2,3)8-4-6-10-7-5-8;1-9(2,3)8-6-4-5-7-8;1-8(2,3)7-5-4-6-7;1-7(2,3)6-4-5-6;/h4-7,12H,8-9H2,1-3H3;4-8H,9-10H2,1-3H3;8H,4-7H2,1-3H3;7-9H,4-6H2,1-3H3;9H,4-8H2,1-3H3;7H,4-6H2,1-3H3;7H,5-6H2,1-4H3;8H,4-7H2,1-3H3;8H,4-7H2,1-3H3;7H,4-6H2,1-3H3;6H,4-5H2,1-3H3;1H4. The molecule has 0 aromatic heterocycles. The first-order valence-electron chi connectivity index (χ1n) is 47.3. The molecule has 0 radical (unpaired) electrons. The van der Waals surface area contributed by atoms with Crippen LogP contribution < -0.4 is 0 Å². The van der Waals surface area contributed by atoms with Crippen molar-refractivity contribution in [3.63, 3.8) is 0 Å². The summed E-state index contributed by atoms with van der Waals surface area (Å²) < 4.78 is 69.3. The molecule has 1 heterocycles. The van der Waals surface area contributed by atoms with Gasteiger partial charge in [-0.3, -0.25) is 0 Å². The van der Waals surface area contributed by atoms with Gasteiger partial charge < -0.3 is 4.74 Å². The van der Waals surface area contributed by atoms with E-state index in [-0.39, 0.29) is 49.9 Å². The van der Waals surface area contributed by atoms with Crippen molar-refractivity contribution < 1.29 is 26.7 Å². The van der Waals surface area contributed by atoms with Gasteiger partial charge in [0.05, 0.1) is 0 Å². The molecule has 1 saturated heterocycles. The lowest BCUT2D eigenvalue weighted by Gasteiger charge is -2.46. The van der Waals surface area contributed by atoms with Crippen LogP contribution in [0.2, 0.25) is 0 Å². The molecule has 2 aromatic rings. The molecule has 2 aromatic carbocycles. The molecule has 14 rings (SSSR count). The molecular weight excluding hydrogens is 1410 g/mol. The maximum Gasteiger partial charge on any atom is 0.248 e. The zero-order valence-electron chi connectivity index (χ0n) is 81.5. The summed E-state index contributed by atoms with van der Waals surface area (Å²) in [5.74, 6) is 5.63. The van der Waals surface area contributed by atoms with E-state index in [1.54, 1.807) is 24.5 Å². The highest BCUT2D eigenvalue weighted by Crippen LogP contribution is 2.61. The van der Waals surface area contributed by atoms with Crippen molar-refractivity contribution in [1.82, 2.24) is 0 Å². The van der Waals surface area contributed by atoms with Gasteiger partial charge in [0.25, 0.3) is 0 Å². The first-order valence-corrected chi connectivity index (χ1v) is 47.3. The predicted octanol–water partition coefficient (Wildman–Crippen LogP) is 36.3. The van der Waals surface area contributed by atoms with Gasteiger partial charge in [-0.15, -0.1) is 0 Å². The zero-order chi connectivity index (χ0) is 86.3. The summed E-state index contributed by atoms with van der Waals surface area (Å²) >= 11 is 0. The number of benzene rings is 2. The fourth-order valence-electron chi connectivity index (χ4n) is 20.0. The van der Waals surface area contributed by atoms with Crippen molar-refractivity contribution in [3.8, 4) is 0 Å². The van der Waals surface area contributed by atoms with Crippen LogP contribution in [0.25, 0.3) is 0 Å². The summed E-state index contributed by atoms with van der Waals surface area (Å²) in [7, 11) is 0. The number of ether oxygens (including phenoxy) is 1. The molecule has 0 bridgehead atoms. The third-order valence-electron chi connectivity index (χ3n) is 30.3. The first kappa shape index (κ1) is 106. The molecule has 12 aliphatic rings. The average molecular weight is 1600 g/mol. The topological polar surface area (TPSA) is 9.23 Å². The number of hydrogen-bond donors (Lipinski definition) is 0. The van der Waals surface area contributed by atoms with Crippen molar-refractivity contribution in [2.45, 2.75) is 477 Å². The van der Waals surface area contributed by atoms with E-state index in [0.29, 0.717) is 85.2 Å². The van der Waals surface area contributed by atoms with E-state index in [1.165, 1.54) is 147 Å². The number of aryl methyl sites for hydroxylation is 1. The van der Waals surface area contributed by atoms with Crippen molar-refractivity contribution in [2.75, 3.05) is 13.2 Å². The largest absolute Gasteiger partial charge is 0.381 e. The molecule has 114 heavy (non-hydrogen) atoms. The average Bonchev–Trinajstić information content (AvgIpc) is 1.58. The Labute approximate surface area is 708 Å². The molecule has 0 N–H and O–H groups in total. The molecule has 4 unspecified atom stereocenters. The van der Waals surface area contributed by atoms with Gasteiger partial charge in [0, 0.05) is 44.3 Å². The van der Waals surface area contributed by atoms with E-state index in [4.69, 9.17) is 4.74 Å². The Hall–Kier alpha value is -1.95. The molecule has 11 aliphatic carbocycles. The van der Waals surface area contributed by atoms with Crippen molar-refractivity contribution in [2.24, 2.45) is 125 Å². The molecule has 1 nitrogen and oxygen atoms in total. The lowest BCUT2D eigenvalue weighted by molar-refractivity contribution is -0.0583. The summed E-state index contributed by atoms with van der Waals surface area (Å²) in [4.78, 5) is 0. The Balaban J connectivity index is 0.000000326. The van der Waals surface area contributed by atoms with E-state index in [9.17, 15) is 22.0 Å². The molecule has 0 amide bonds. The maximum atomic E-state index is 13.0. The summed E-state index contributed by atoms with van der Waals surface area (Å²) in [5, 5.41) is 0. The SMILES string of the molecule is C.CC(C)(C)C1(c2ccccc2)CC1.CC(C)(C)C1CC1.CC(C)(C)C1CC2CC2C1.CC(C)(C)C1CCC(F)(F)C1.CC(C)(C)C1CCC(F)(F)CC1.CC(C)(C)C1CCC1.CC(C)(C)C1CCCC1.CC(C)(C)C1CCCCC1.CC(C)(C)C1CCOCC1.CC(C)(C)C1CCc2ccccc21.CC1(F)CC(C(C)(C)C)C1. The van der Waals surface area contributed by atoms with Gasteiger partial charge in [0.1, 0.15) is 5.67 Å². The normalized spacial score (nSPS) is 26.9. The second-order valence-electron chi connectivity index (χ2n) is 51.1. The molecule has 11 fully saturated rings. The van der Waals surface area contributed by atoms with Crippen LogP contribution in [0.1, 0.15) is 464 Å². The highest BCUT2D eigenvalue weighted by molar-refractivity contribution is 5.36. The summed E-state index contributed by atoms with van der Waals surface area (Å²) in [6.07, 6.45) is 37.1. The van der Waals surface area contributed by atoms with Crippen LogP contribution in [0, 0.1) is 125 Å². The summed E-state index contributed by atoms with van der Waals surface area (Å²) in [6.45, 7) is 79.2. The van der Waals surface area contributed by atoms with Gasteiger partial charge in [-0.25, -0.2) is 22.0 Å². The highest BCUT2D eigenvalue weighted by atomic mass is 19.3. The monoisotopic (exact) mass is 1600 g/mol. The van der Waals surface area contributed by atoms with Gasteiger partial charge >= 0.3 is 0 Å². The van der Waals surface area contributed by atoms with Crippen LogP contribution in [0.3, 0.4) is 0 Å². The van der Waals surface area contributed by atoms with E-state index in [2.05, 4.69) is 262 Å². The molecule has 4 atom stereocenters. The van der Waals surface area contributed by atoms with Crippen LogP contribution in [-0.2, 0) is 16.6 Å². The zero-order valence-corrected chi connectivity index (χ0v) is 81.5. The second kappa shape index (κ2) is 42.9. The second-order valence-corrected chi connectivity index (χ2v) is 51.1. The highest BCUT2D eigenvalue weighted by Gasteiger charge is 2.53. The smallest absolute Gasteiger partial charge is 0.248 e. The molecule has 0 spiro atoms. The molecule has 10 saturated carbocycles. The predicted molar refractivity (Wildman–Crippen MR) is 493 cm³/mol. The van der Waals surface area contributed by atoms with Gasteiger partial charge in [0.15, 0.2) is 0 Å². The lowest BCUT2D eigenvalue weighted by Crippen LogP contribution is -2.43. The fraction of sp³-hybridized carbons (Fsp3) is 0.889. The maximum absolute atomic E-state index is 13.0. The quantitative estimate of drug-likeness (QED) is 0.259. The van der Waals surface area contributed by atoms with Gasteiger partial charge in [-0.05, 0) is 295 Å². The summed E-state index contributed by atoms with van der Waals surface area (Å²) in [5.41, 5.74) is 9.17. The van der Waals surface area contributed by atoms with E-state index in [1.807, 2.05) is 20.8 Å². The van der Waals surface area contributed by atoms with Gasteiger partial charge in [0.2, 0.25) is 11.8 Å². The lowest BCUT2D eigenvalue weighted by atomic mass is 9.62. The van der Waals surface area contributed by atoms with E-state index >= 15 is 0 Å². The van der Waals surface area contributed by atoms with Crippen LogP contribution in [0.15, 0.2) is 54.6 Å². The van der Waals surface area contributed by atoms with Crippen LogP contribution in [0.5, 0.6) is 0 Å². The van der Waals surface area contributed by atoms with E-state index in [0.717, 1.165) is 79.3 Å². The number of alkyl halides is 5. The molecule has 668 valence electrons. The molecule has 1 aliphatic heterocycles. The fourth-order valence-corrected chi connectivity index (χ4v) is 20.0. The number of rotatable bonds is 1. The van der Waals surface area contributed by atoms with Crippen LogP contribution in [-0.4, -0.2) is 30.7 Å². The number of hydrogen-bond acceptors (Lipinski definition) is 1. The van der Waals surface area contributed by atoms with Crippen molar-refractivity contribution in [3.05, 3.63) is 71.3 Å². The Morgan fingerprint density at radius 2 is 0.632 bits per heavy atom. The van der Waals surface area contributed by atoms with Crippen molar-refractivity contribution in [1.29, 1.82) is 0 Å². The third-order valence-corrected chi connectivity index (χ3v) is 30.3. The van der Waals surface area contributed by atoms with Crippen molar-refractivity contribution >= 4 is 0 Å². The van der Waals surface area contributed by atoms with Crippen LogP contribution >= 0.6 is 0 Å². The Bertz CT molecular complexity index is 2860. The minimum absolute atomic E-state index is 0. The van der Waals surface area contributed by atoms with E-state index < -0.39 is 17.5 Å².